The second-order valence-electron chi connectivity index (χ2n) is 4.93. The highest BCUT2D eigenvalue weighted by Crippen LogP contribution is 2.17. The van der Waals surface area contributed by atoms with Gasteiger partial charge in [-0.15, -0.1) is 0 Å². The van der Waals surface area contributed by atoms with Crippen molar-refractivity contribution in [3.63, 3.8) is 0 Å². The van der Waals surface area contributed by atoms with Crippen LogP contribution in [0.4, 0.5) is 0 Å². The number of hydrogen-bond acceptors (Lipinski definition) is 3. The SMILES string of the molecule is CSCCC(C)NCc1cn(C)nc1C(C)C. The second-order valence-corrected chi connectivity index (χ2v) is 5.92. The van der Waals surface area contributed by atoms with Crippen molar-refractivity contribution in [2.45, 2.75) is 45.7 Å². The summed E-state index contributed by atoms with van der Waals surface area (Å²) in [5.41, 5.74) is 2.55. The van der Waals surface area contributed by atoms with Gasteiger partial charge in [0.1, 0.15) is 0 Å². The summed E-state index contributed by atoms with van der Waals surface area (Å²) in [4.78, 5) is 0. The minimum absolute atomic E-state index is 0.495. The Morgan fingerprint density at radius 3 is 2.71 bits per heavy atom. The monoisotopic (exact) mass is 255 g/mol. The third kappa shape index (κ3) is 4.72. The van der Waals surface area contributed by atoms with E-state index < -0.39 is 0 Å². The maximum absolute atomic E-state index is 4.52. The first-order valence-corrected chi connectivity index (χ1v) is 7.68. The van der Waals surface area contributed by atoms with E-state index in [9.17, 15) is 0 Å². The van der Waals surface area contributed by atoms with Gasteiger partial charge in [-0.25, -0.2) is 0 Å². The zero-order chi connectivity index (χ0) is 12.8. The Morgan fingerprint density at radius 1 is 1.41 bits per heavy atom. The maximum Gasteiger partial charge on any atom is 0.0694 e. The molecule has 1 heterocycles. The van der Waals surface area contributed by atoms with E-state index >= 15 is 0 Å². The molecular formula is C13H25N3S. The lowest BCUT2D eigenvalue weighted by Crippen LogP contribution is -2.26. The molecule has 1 aromatic rings. The Labute approximate surface area is 109 Å². The van der Waals surface area contributed by atoms with Gasteiger partial charge in [0, 0.05) is 31.4 Å². The summed E-state index contributed by atoms with van der Waals surface area (Å²) in [5.74, 6) is 1.72. The van der Waals surface area contributed by atoms with Crippen molar-refractivity contribution >= 4 is 11.8 Å². The van der Waals surface area contributed by atoms with Crippen LogP contribution in [0, 0.1) is 0 Å². The first-order chi connectivity index (χ1) is 8.04. The van der Waals surface area contributed by atoms with E-state index in [2.05, 4.69) is 43.6 Å². The van der Waals surface area contributed by atoms with E-state index in [1.807, 2.05) is 23.5 Å². The van der Waals surface area contributed by atoms with Crippen LogP contribution in [-0.2, 0) is 13.6 Å². The number of rotatable bonds is 7. The van der Waals surface area contributed by atoms with Gasteiger partial charge in [0.2, 0.25) is 0 Å². The first-order valence-electron chi connectivity index (χ1n) is 6.29. The third-order valence-corrected chi connectivity index (χ3v) is 3.52. The van der Waals surface area contributed by atoms with E-state index in [-0.39, 0.29) is 0 Å². The molecule has 0 saturated carbocycles. The zero-order valence-corrected chi connectivity index (χ0v) is 12.5. The summed E-state index contributed by atoms with van der Waals surface area (Å²) in [5, 5.41) is 8.10. The lowest BCUT2D eigenvalue weighted by atomic mass is 10.1. The summed E-state index contributed by atoms with van der Waals surface area (Å²) < 4.78 is 1.92. The van der Waals surface area contributed by atoms with Crippen LogP contribution in [0.5, 0.6) is 0 Å². The van der Waals surface area contributed by atoms with Crippen LogP contribution < -0.4 is 5.32 Å². The molecule has 98 valence electrons. The molecule has 0 aliphatic carbocycles. The Bertz CT molecular complexity index is 333. The standard InChI is InChI=1S/C13H25N3S/c1-10(2)13-12(9-16(4)15-13)8-14-11(3)6-7-17-5/h9-11,14H,6-8H2,1-5H3. The molecule has 0 amide bonds. The molecule has 0 radical (unpaired) electrons. The highest BCUT2D eigenvalue weighted by Gasteiger charge is 2.11. The Balaban J connectivity index is 2.50. The largest absolute Gasteiger partial charge is 0.310 e. The number of thioether (sulfide) groups is 1. The molecule has 1 rings (SSSR count). The molecule has 0 bridgehead atoms. The van der Waals surface area contributed by atoms with Crippen LogP contribution in [0.3, 0.4) is 0 Å². The second kappa shape index (κ2) is 7.07. The molecule has 17 heavy (non-hydrogen) atoms. The smallest absolute Gasteiger partial charge is 0.0694 e. The average molecular weight is 255 g/mol. The first kappa shape index (κ1) is 14.6. The van der Waals surface area contributed by atoms with Crippen LogP contribution in [0.1, 0.15) is 44.4 Å². The zero-order valence-electron chi connectivity index (χ0n) is 11.7. The highest BCUT2D eigenvalue weighted by atomic mass is 32.2. The fourth-order valence-corrected chi connectivity index (χ4v) is 2.45. The lowest BCUT2D eigenvalue weighted by Gasteiger charge is -2.13. The van der Waals surface area contributed by atoms with Gasteiger partial charge in [0.25, 0.3) is 0 Å². The summed E-state index contributed by atoms with van der Waals surface area (Å²) >= 11 is 1.91. The predicted octanol–water partition coefficient (Wildman–Crippen LogP) is 2.77. The van der Waals surface area contributed by atoms with E-state index in [1.165, 1.54) is 23.4 Å². The van der Waals surface area contributed by atoms with Gasteiger partial charge in [0.15, 0.2) is 0 Å². The fraction of sp³-hybridized carbons (Fsp3) is 0.769. The van der Waals surface area contributed by atoms with Crippen molar-refractivity contribution in [2.24, 2.45) is 7.05 Å². The Morgan fingerprint density at radius 2 is 2.12 bits per heavy atom. The van der Waals surface area contributed by atoms with Crippen molar-refractivity contribution in [1.29, 1.82) is 0 Å². The molecule has 0 fully saturated rings. The van der Waals surface area contributed by atoms with Gasteiger partial charge in [-0.2, -0.15) is 16.9 Å². The summed E-state index contributed by atoms with van der Waals surface area (Å²) in [6, 6.07) is 0.572. The number of nitrogens with zero attached hydrogens (tertiary/aromatic N) is 2. The van der Waals surface area contributed by atoms with Gasteiger partial charge in [-0.05, 0) is 31.3 Å². The third-order valence-electron chi connectivity index (χ3n) is 2.88. The number of aromatic nitrogens is 2. The van der Waals surface area contributed by atoms with Gasteiger partial charge in [-0.1, -0.05) is 13.8 Å². The highest BCUT2D eigenvalue weighted by molar-refractivity contribution is 7.98. The minimum Gasteiger partial charge on any atom is -0.310 e. The molecule has 0 aliphatic rings. The summed E-state index contributed by atoms with van der Waals surface area (Å²) in [6.45, 7) is 7.57. The van der Waals surface area contributed by atoms with Crippen LogP contribution in [0.2, 0.25) is 0 Å². The Kier molecular flexibility index (Phi) is 6.06. The fourth-order valence-electron chi connectivity index (χ4n) is 1.86. The van der Waals surface area contributed by atoms with Gasteiger partial charge >= 0.3 is 0 Å². The van der Waals surface area contributed by atoms with Crippen molar-refractivity contribution in [3.8, 4) is 0 Å². The molecule has 1 aromatic heterocycles. The summed E-state index contributed by atoms with van der Waals surface area (Å²) in [7, 11) is 1.99. The van der Waals surface area contributed by atoms with Crippen LogP contribution in [0.15, 0.2) is 6.20 Å². The van der Waals surface area contributed by atoms with Crippen molar-refractivity contribution in [2.75, 3.05) is 12.0 Å². The quantitative estimate of drug-likeness (QED) is 0.812. The molecule has 0 saturated heterocycles. The number of hydrogen-bond donors (Lipinski definition) is 1. The van der Waals surface area contributed by atoms with Crippen molar-refractivity contribution in [3.05, 3.63) is 17.5 Å². The molecule has 0 aromatic carbocycles. The van der Waals surface area contributed by atoms with Crippen LogP contribution >= 0.6 is 11.8 Å². The molecule has 0 spiro atoms. The number of nitrogens with one attached hydrogen (secondary N) is 1. The van der Waals surface area contributed by atoms with E-state index in [0.29, 0.717) is 12.0 Å². The molecule has 1 N–H and O–H groups in total. The molecule has 3 nitrogen and oxygen atoms in total. The average Bonchev–Trinajstić information content (AvgIpc) is 2.65. The van der Waals surface area contributed by atoms with E-state index in [0.717, 1.165) is 6.54 Å². The molecule has 0 aliphatic heterocycles. The topological polar surface area (TPSA) is 29.9 Å². The van der Waals surface area contributed by atoms with E-state index in [1.54, 1.807) is 0 Å². The molecule has 1 atom stereocenters. The number of aryl methyl sites for hydroxylation is 1. The van der Waals surface area contributed by atoms with Gasteiger partial charge < -0.3 is 5.32 Å². The van der Waals surface area contributed by atoms with Crippen LogP contribution in [-0.4, -0.2) is 27.8 Å². The molecular weight excluding hydrogens is 230 g/mol. The lowest BCUT2D eigenvalue weighted by molar-refractivity contribution is 0.534. The van der Waals surface area contributed by atoms with Crippen molar-refractivity contribution in [1.82, 2.24) is 15.1 Å². The normalized spacial score (nSPS) is 13.3. The minimum atomic E-state index is 0.495. The van der Waals surface area contributed by atoms with Crippen molar-refractivity contribution < 1.29 is 0 Å². The maximum atomic E-state index is 4.52. The van der Waals surface area contributed by atoms with E-state index in [4.69, 9.17) is 0 Å². The molecule has 1 unspecified atom stereocenters. The predicted molar refractivity (Wildman–Crippen MR) is 76.6 cm³/mol. The van der Waals surface area contributed by atoms with Gasteiger partial charge in [0.05, 0.1) is 5.69 Å². The molecule has 4 heteroatoms. The van der Waals surface area contributed by atoms with Gasteiger partial charge in [-0.3, -0.25) is 4.68 Å². The summed E-state index contributed by atoms with van der Waals surface area (Å²) in [6.07, 6.45) is 5.51. The van der Waals surface area contributed by atoms with Crippen LogP contribution in [0.25, 0.3) is 0 Å². The Hall–Kier alpha value is -0.480.